The molecule has 2 aliphatic rings. The summed E-state index contributed by atoms with van der Waals surface area (Å²) in [5.41, 5.74) is 1.45. The lowest BCUT2D eigenvalue weighted by Gasteiger charge is -2.30. The molecule has 1 aromatic carbocycles. The van der Waals surface area contributed by atoms with Gasteiger partial charge in [0, 0.05) is 12.1 Å². The van der Waals surface area contributed by atoms with Gasteiger partial charge in [0.1, 0.15) is 19.8 Å². The van der Waals surface area contributed by atoms with Gasteiger partial charge in [-0.3, -0.25) is 9.69 Å². The van der Waals surface area contributed by atoms with Gasteiger partial charge in [-0.05, 0) is 0 Å². The molecule has 3 rings (SSSR count). The molecular formula is C12H11N3O3. The van der Waals surface area contributed by atoms with E-state index in [4.69, 9.17) is 14.7 Å². The zero-order chi connectivity index (χ0) is 12.5. The first-order chi connectivity index (χ1) is 8.79. The Kier molecular flexibility index (Phi) is 2.45. The molecule has 2 aliphatic heterocycles. The minimum atomic E-state index is -0.124. The maximum absolute atomic E-state index is 11.8. The molecule has 0 spiro atoms. The molecule has 92 valence electrons. The van der Waals surface area contributed by atoms with Crippen molar-refractivity contribution in [1.82, 2.24) is 0 Å². The molecule has 18 heavy (non-hydrogen) atoms. The quantitative estimate of drug-likeness (QED) is 0.738. The maximum Gasteiger partial charge on any atom is 0.247 e. The Morgan fingerprint density at radius 3 is 2.78 bits per heavy atom. The van der Waals surface area contributed by atoms with Crippen LogP contribution in [0, 0.1) is 11.3 Å². The van der Waals surface area contributed by atoms with E-state index in [1.807, 2.05) is 6.07 Å². The van der Waals surface area contributed by atoms with Crippen molar-refractivity contribution < 1.29 is 14.3 Å². The molecular weight excluding hydrogens is 234 g/mol. The van der Waals surface area contributed by atoms with E-state index in [0.29, 0.717) is 30.4 Å². The second-order valence-electron chi connectivity index (χ2n) is 4.00. The van der Waals surface area contributed by atoms with Gasteiger partial charge in [0.05, 0.1) is 24.0 Å². The predicted octanol–water partition coefficient (Wildman–Crippen LogP) is 0.740. The van der Waals surface area contributed by atoms with Crippen LogP contribution in [0.2, 0.25) is 0 Å². The van der Waals surface area contributed by atoms with Crippen molar-refractivity contribution in [3.05, 3.63) is 12.1 Å². The van der Waals surface area contributed by atoms with Crippen LogP contribution in [0.5, 0.6) is 11.5 Å². The standard InChI is InChI=1S/C12H11N3O3/c13-1-2-15-9-6-11-10(17-3-4-18-11)5-8(9)14-7-12(15)16/h5-6,14H,2-4,7H2. The molecule has 0 aliphatic carbocycles. The summed E-state index contributed by atoms with van der Waals surface area (Å²) in [5, 5.41) is 11.8. The van der Waals surface area contributed by atoms with Gasteiger partial charge in [-0.1, -0.05) is 0 Å². The van der Waals surface area contributed by atoms with Crippen LogP contribution in [0.4, 0.5) is 11.4 Å². The molecule has 0 fully saturated rings. The number of nitrogens with one attached hydrogen (secondary N) is 1. The minimum Gasteiger partial charge on any atom is -0.486 e. The molecule has 1 aromatic rings. The van der Waals surface area contributed by atoms with Gasteiger partial charge in [0.15, 0.2) is 11.5 Å². The van der Waals surface area contributed by atoms with Gasteiger partial charge in [-0.25, -0.2) is 0 Å². The predicted molar refractivity (Wildman–Crippen MR) is 63.9 cm³/mol. The molecule has 2 heterocycles. The summed E-state index contributed by atoms with van der Waals surface area (Å²) in [4.78, 5) is 13.2. The van der Waals surface area contributed by atoms with Crippen molar-refractivity contribution in [2.45, 2.75) is 0 Å². The summed E-state index contributed by atoms with van der Waals surface area (Å²) >= 11 is 0. The van der Waals surface area contributed by atoms with Crippen LogP contribution in [0.25, 0.3) is 0 Å². The molecule has 1 N–H and O–H groups in total. The molecule has 1 amide bonds. The fraction of sp³-hybridized carbons (Fsp3) is 0.333. The van der Waals surface area contributed by atoms with E-state index in [1.54, 1.807) is 12.1 Å². The summed E-state index contributed by atoms with van der Waals surface area (Å²) in [5.74, 6) is 1.15. The van der Waals surface area contributed by atoms with Crippen LogP contribution in [0.3, 0.4) is 0 Å². The highest BCUT2D eigenvalue weighted by atomic mass is 16.6. The topological polar surface area (TPSA) is 74.6 Å². The van der Waals surface area contributed by atoms with Gasteiger partial charge in [-0.2, -0.15) is 5.26 Å². The number of carbonyl (C=O) groups excluding carboxylic acids is 1. The zero-order valence-corrected chi connectivity index (χ0v) is 9.60. The molecule has 0 atom stereocenters. The lowest BCUT2D eigenvalue weighted by molar-refractivity contribution is -0.117. The lowest BCUT2D eigenvalue weighted by Crippen LogP contribution is -2.40. The Bertz CT molecular complexity index is 550. The molecule has 6 heteroatoms. The molecule has 0 radical (unpaired) electrons. The number of benzene rings is 1. The first-order valence-corrected chi connectivity index (χ1v) is 5.64. The number of nitrogens with zero attached hydrogens (tertiary/aromatic N) is 2. The van der Waals surface area contributed by atoms with Crippen molar-refractivity contribution in [1.29, 1.82) is 5.26 Å². The number of carbonyl (C=O) groups is 1. The van der Waals surface area contributed by atoms with Crippen molar-refractivity contribution in [2.75, 3.05) is 36.5 Å². The third-order valence-corrected chi connectivity index (χ3v) is 2.91. The fourth-order valence-electron chi connectivity index (χ4n) is 2.09. The number of anilines is 2. The third kappa shape index (κ3) is 1.61. The Morgan fingerprint density at radius 2 is 2.06 bits per heavy atom. The first-order valence-electron chi connectivity index (χ1n) is 5.64. The summed E-state index contributed by atoms with van der Waals surface area (Å²) < 4.78 is 11.0. The Morgan fingerprint density at radius 1 is 1.33 bits per heavy atom. The van der Waals surface area contributed by atoms with Gasteiger partial charge in [-0.15, -0.1) is 0 Å². The van der Waals surface area contributed by atoms with E-state index in [2.05, 4.69) is 5.32 Å². The van der Waals surface area contributed by atoms with Gasteiger partial charge in [0.25, 0.3) is 0 Å². The maximum atomic E-state index is 11.8. The molecule has 0 saturated heterocycles. The number of rotatable bonds is 1. The summed E-state index contributed by atoms with van der Waals surface area (Å²) in [6.07, 6.45) is 0. The molecule has 0 unspecified atom stereocenters. The Balaban J connectivity index is 2.07. The Hall–Kier alpha value is -2.42. The third-order valence-electron chi connectivity index (χ3n) is 2.91. The molecule has 0 aromatic heterocycles. The van der Waals surface area contributed by atoms with E-state index in [1.165, 1.54) is 4.90 Å². The smallest absolute Gasteiger partial charge is 0.247 e. The van der Waals surface area contributed by atoms with Crippen LogP contribution in [0.1, 0.15) is 0 Å². The van der Waals surface area contributed by atoms with E-state index in [0.717, 1.165) is 5.69 Å². The fourth-order valence-corrected chi connectivity index (χ4v) is 2.09. The monoisotopic (exact) mass is 245 g/mol. The summed E-state index contributed by atoms with van der Waals surface area (Å²) in [6, 6.07) is 5.54. The first kappa shape index (κ1) is 10.7. The molecule has 6 nitrogen and oxygen atoms in total. The highest BCUT2D eigenvalue weighted by molar-refractivity contribution is 6.03. The zero-order valence-electron chi connectivity index (χ0n) is 9.60. The average molecular weight is 245 g/mol. The van der Waals surface area contributed by atoms with E-state index < -0.39 is 0 Å². The van der Waals surface area contributed by atoms with Crippen LogP contribution in [-0.2, 0) is 4.79 Å². The van der Waals surface area contributed by atoms with Crippen molar-refractivity contribution >= 4 is 17.3 Å². The van der Waals surface area contributed by atoms with Crippen LogP contribution >= 0.6 is 0 Å². The number of nitriles is 1. The van der Waals surface area contributed by atoms with Crippen LogP contribution in [0.15, 0.2) is 12.1 Å². The average Bonchev–Trinajstić information content (AvgIpc) is 2.40. The number of amides is 1. The van der Waals surface area contributed by atoms with E-state index in [-0.39, 0.29) is 19.0 Å². The summed E-state index contributed by atoms with van der Waals surface area (Å²) in [7, 11) is 0. The highest BCUT2D eigenvalue weighted by Crippen LogP contribution is 2.41. The van der Waals surface area contributed by atoms with Gasteiger partial charge >= 0.3 is 0 Å². The molecule has 0 saturated carbocycles. The van der Waals surface area contributed by atoms with E-state index in [9.17, 15) is 4.79 Å². The SMILES string of the molecule is N#CCN1C(=O)CNc2cc3c(cc21)OCCO3. The normalized spacial score (nSPS) is 16.6. The molecule has 0 bridgehead atoms. The Labute approximate surface area is 104 Å². The van der Waals surface area contributed by atoms with Crippen molar-refractivity contribution in [3.8, 4) is 17.6 Å². The second-order valence-corrected chi connectivity index (χ2v) is 4.00. The highest BCUT2D eigenvalue weighted by Gasteiger charge is 2.26. The lowest BCUT2D eigenvalue weighted by atomic mass is 10.1. The van der Waals surface area contributed by atoms with Crippen molar-refractivity contribution in [3.63, 3.8) is 0 Å². The second kappa shape index (κ2) is 4.11. The van der Waals surface area contributed by atoms with E-state index >= 15 is 0 Å². The van der Waals surface area contributed by atoms with Crippen molar-refractivity contribution in [2.24, 2.45) is 0 Å². The number of hydrogen-bond donors (Lipinski definition) is 1. The van der Waals surface area contributed by atoms with Crippen LogP contribution < -0.4 is 19.7 Å². The number of fused-ring (bicyclic) bond motifs is 2. The van der Waals surface area contributed by atoms with Gasteiger partial charge < -0.3 is 14.8 Å². The largest absolute Gasteiger partial charge is 0.486 e. The number of hydrogen-bond acceptors (Lipinski definition) is 5. The van der Waals surface area contributed by atoms with Gasteiger partial charge in [0.2, 0.25) is 5.91 Å². The minimum absolute atomic E-state index is 0.0349. The summed E-state index contributed by atoms with van der Waals surface area (Å²) in [6.45, 7) is 1.24. The number of ether oxygens (including phenoxy) is 2. The van der Waals surface area contributed by atoms with Crippen LogP contribution in [-0.4, -0.2) is 32.2 Å².